The molecule has 1 heterocycles. The maximum atomic E-state index is 11.7. The average molecular weight is 314 g/mol. The fraction of sp³-hybridized carbons (Fsp3) is 0.538. The minimum Gasteiger partial charge on any atom is -0.476 e. The third-order valence-corrected chi connectivity index (χ3v) is 3.91. The van der Waals surface area contributed by atoms with Gasteiger partial charge in [-0.15, -0.1) is 0 Å². The molecule has 0 atom stereocenters. The Hall–Kier alpha value is -1.10. The quantitative estimate of drug-likeness (QED) is 0.784. The Morgan fingerprint density at radius 3 is 2.83 bits per heavy atom. The molecule has 1 aromatic heterocycles. The van der Waals surface area contributed by atoms with Crippen molar-refractivity contribution in [3.05, 3.63) is 22.3 Å². The van der Waals surface area contributed by atoms with Gasteiger partial charge < -0.3 is 9.47 Å². The van der Waals surface area contributed by atoms with Gasteiger partial charge in [0.25, 0.3) is 0 Å². The highest BCUT2D eigenvalue weighted by Crippen LogP contribution is 2.47. The van der Waals surface area contributed by atoms with E-state index in [0.29, 0.717) is 19.1 Å². The molecule has 0 aliphatic heterocycles. The molecular weight excluding hydrogens is 298 g/mol. The van der Waals surface area contributed by atoms with Gasteiger partial charge in [0.15, 0.2) is 0 Å². The van der Waals surface area contributed by atoms with Crippen LogP contribution in [0, 0.1) is 12.3 Å². The molecule has 4 nitrogen and oxygen atoms in total. The number of nitrogens with zero attached hydrogens (tertiary/aromatic N) is 1. The SMILES string of the molecule is CCOC(=O)C1(COc2cc(C)c(Br)cn2)CC1. The largest absolute Gasteiger partial charge is 0.476 e. The Kier molecular flexibility index (Phi) is 3.90. The summed E-state index contributed by atoms with van der Waals surface area (Å²) < 4.78 is 11.6. The van der Waals surface area contributed by atoms with Crippen molar-refractivity contribution in [3.63, 3.8) is 0 Å². The zero-order chi connectivity index (χ0) is 13.2. The topological polar surface area (TPSA) is 48.4 Å². The van der Waals surface area contributed by atoms with Gasteiger partial charge in [-0.1, -0.05) is 0 Å². The standard InChI is InChI=1S/C13H16BrNO3/c1-3-17-12(16)13(4-5-13)8-18-11-6-9(2)10(14)7-15-11/h6-7H,3-5,8H2,1-2H3. The van der Waals surface area contributed by atoms with Crippen molar-refractivity contribution in [1.82, 2.24) is 4.98 Å². The van der Waals surface area contributed by atoms with Crippen LogP contribution in [-0.4, -0.2) is 24.2 Å². The normalized spacial score (nSPS) is 16.2. The van der Waals surface area contributed by atoms with Crippen LogP contribution < -0.4 is 4.74 Å². The zero-order valence-electron chi connectivity index (χ0n) is 10.5. The summed E-state index contributed by atoms with van der Waals surface area (Å²) in [5.41, 5.74) is 0.625. The van der Waals surface area contributed by atoms with Crippen LogP contribution in [-0.2, 0) is 9.53 Å². The molecule has 1 aliphatic rings. The molecule has 0 radical (unpaired) electrons. The molecule has 1 aromatic rings. The molecule has 0 saturated heterocycles. The molecule has 0 bridgehead atoms. The maximum Gasteiger partial charge on any atom is 0.315 e. The second kappa shape index (κ2) is 5.26. The third-order valence-electron chi connectivity index (χ3n) is 3.08. The number of rotatable bonds is 5. The number of esters is 1. The molecular formula is C13H16BrNO3. The van der Waals surface area contributed by atoms with Crippen LogP contribution in [0.15, 0.2) is 16.7 Å². The smallest absolute Gasteiger partial charge is 0.315 e. The zero-order valence-corrected chi connectivity index (χ0v) is 12.1. The van der Waals surface area contributed by atoms with E-state index in [1.165, 1.54) is 0 Å². The van der Waals surface area contributed by atoms with Crippen LogP contribution in [0.1, 0.15) is 25.3 Å². The van der Waals surface area contributed by atoms with E-state index in [-0.39, 0.29) is 5.97 Å². The van der Waals surface area contributed by atoms with Gasteiger partial charge in [-0.2, -0.15) is 0 Å². The molecule has 1 saturated carbocycles. The Morgan fingerprint density at radius 2 is 2.28 bits per heavy atom. The van der Waals surface area contributed by atoms with Crippen molar-refractivity contribution in [2.75, 3.05) is 13.2 Å². The van der Waals surface area contributed by atoms with Crippen molar-refractivity contribution in [1.29, 1.82) is 0 Å². The second-order valence-corrected chi connectivity index (χ2v) is 5.42. The first-order chi connectivity index (χ1) is 8.57. The van der Waals surface area contributed by atoms with E-state index in [1.807, 2.05) is 19.9 Å². The molecule has 0 unspecified atom stereocenters. The third kappa shape index (κ3) is 2.83. The van der Waals surface area contributed by atoms with Gasteiger partial charge in [0, 0.05) is 16.7 Å². The van der Waals surface area contributed by atoms with Crippen LogP contribution in [0.4, 0.5) is 0 Å². The Morgan fingerprint density at radius 1 is 1.56 bits per heavy atom. The van der Waals surface area contributed by atoms with Crippen LogP contribution in [0.5, 0.6) is 5.88 Å². The van der Waals surface area contributed by atoms with Gasteiger partial charge in [-0.3, -0.25) is 4.79 Å². The van der Waals surface area contributed by atoms with Gasteiger partial charge in [0.2, 0.25) is 5.88 Å². The monoisotopic (exact) mass is 313 g/mol. The maximum absolute atomic E-state index is 11.7. The molecule has 0 N–H and O–H groups in total. The second-order valence-electron chi connectivity index (χ2n) is 4.56. The number of hydrogen-bond acceptors (Lipinski definition) is 4. The molecule has 2 rings (SSSR count). The average Bonchev–Trinajstić information content (AvgIpc) is 3.12. The lowest BCUT2D eigenvalue weighted by Gasteiger charge is -2.14. The van der Waals surface area contributed by atoms with E-state index in [0.717, 1.165) is 22.9 Å². The van der Waals surface area contributed by atoms with Gasteiger partial charge >= 0.3 is 5.97 Å². The lowest BCUT2D eigenvalue weighted by atomic mass is 10.1. The van der Waals surface area contributed by atoms with Crippen molar-refractivity contribution in [3.8, 4) is 5.88 Å². The van der Waals surface area contributed by atoms with Crippen LogP contribution >= 0.6 is 15.9 Å². The summed E-state index contributed by atoms with van der Waals surface area (Å²) in [5.74, 6) is 0.394. The molecule has 1 fully saturated rings. The van der Waals surface area contributed by atoms with Crippen molar-refractivity contribution in [2.45, 2.75) is 26.7 Å². The van der Waals surface area contributed by atoms with Crippen LogP contribution in [0.25, 0.3) is 0 Å². The molecule has 98 valence electrons. The molecule has 0 amide bonds. The van der Waals surface area contributed by atoms with E-state index in [9.17, 15) is 4.79 Å². The summed E-state index contributed by atoms with van der Waals surface area (Å²) in [4.78, 5) is 15.9. The van der Waals surface area contributed by atoms with E-state index >= 15 is 0 Å². The Labute approximate surface area is 115 Å². The minimum atomic E-state index is -0.432. The lowest BCUT2D eigenvalue weighted by molar-refractivity contribution is -0.150. The van der Waals surface area contributed by atoms with E-state index in [4.69, 9.17) is 9.47 Å². The van der Waals surface area contributed by atoms with Crippen molar-refractivity contribution < 1.29 is 14.3 Å². The summed E-state index contributed by atoms with van der Waals surface area (Å²) in [5, 5.41) is 0. The first-order valence-electron chi connectivity index (χ1n) is 5.99. The van der Waals surface area contributed by atoms with Gasteiger partial charge in [-0.25, -0.2) is 4.98 Å². The molecule has 0 aromatic carbocycles. The highest BCUT2D eigenvalue weighted by molar-refractivity contribution is 9.10. The highest BCUT2D eigenvalue weighted by atomic mass is 79.9. The summed E-state index contributed by atoms with van der Waals surface area (Å²) in [6.07, 6.45) is 3.37. The Bertz CT molecular complexity index is 458. The van der Waals surface area contributed by atoms with E-state index in [2.05, 4.69) is 20.9 Å². The van der Waals surface area contributed by atoms with Crippen molar-refractivity contribution >= 4 is 21.9 Å². The summed E-state index contributed by atoms with van der Waals surface area (Å²) in [7, 11) is 0. The molecule has 1 aliphatic carbocycles. The van der Waals surface area contributed by atoms with Gasteiger partial charge in [0.1, 0.15) is 12.0 Å². The fourth-order valence-electron chi connectivity index (χ4n) is 1.65. The number of carbonyl (C=O) groups is 1. The number of ether oxygens (including phenoxy) is 2. The summed E-state index contributed by atoms with van der Waals surface area (Å²) >= 11 is 3.38. The fourth-order valence-corrected chi connectivity index (χ4v) is 1.86. The predicted molar refractivity (Wildman–Crippen MR) is 70.5 cm³/mol. The number of hydrogen-bond donors (Lipinski definition) is 0. The van der Waals surface area contributed by atoms with E-state index in [1.54, 1.807) is 6.20 Å². The molecule has 5 heteroatoms. The first-order valence-corrected chi connectivity index (χ1v) is 6.79. The van der Waals surface area contributed by atoms with Crippen molar-refractivity contribution in [2.24, 2.45) is 5.41 Å². The van der Waals surface area contributed by atoms with Crippen LogP contribution in [0.3, 0.4) is 0 Å². The number of aryl methyl sites for hydroxylation is 1. The minimum absolute atomic E-state index is 0.154. The van der Waals surface area contributed by atoms with Gasteiger partial charge in [0.05, 0.1) is 6.61 Å². The number of carbonyl (C=O) groups excluding carboxylic acids is 1. The summed E-state index contributed by atoms with van der Waals surface area (Å²) in [6.45, 7) is 4.54. The number of halogens is 1. The van der Waals surface area contributed by atoms with Gasteiger partial charge in [-0.05, 0) is 48.2 Å². The highest BCUT2D eigenvalue weighted by Gasteiger charge is 2.52. The van der Waals surface area contributed by atoms with E-state index < -0.39 is 5.41 Å². The number of aromatic nitrogens is 1. The lowest BCUT2D eigenvalue weighted by Crippen LogP contribution is -2.26. The molecule has 0 spiro atoms. The predicted octanol–water partition coefficient (Wildman–Crippen LogP) is 2.87. The number of pyridine rings is 1. The Balaban J connectivity index is 1.95. The molecule has 18 heavy (non-hydrogen) atoms. The first kappa shape index (κ1) is 13.3. The summed E-state index contributed by atoms with van der Waals surface area (Å²) in [6, 6.07) is 1.85. The van der Waals surface area contributed by atoms with Crippen LogP contribution in [0.2, 0.25) is 0 Å².